The molecule has 2 heterocycles. The minimum atomic E-state index is -0.555. The van der Waals surface area contributed by atoms with E-state index in [2.05, 4.69) is 51.0 Å². The van der Waals surface area contributed by atoms with Gasteiger partial charge in [0.1, 0.15) is 5.65 Å². The molecule has 6 heteroatoms. The average Bonchev–Trinajstić information content (AvgIpc) is 2.96. The molecule has 6 nitrogen and oxygen atoms in total. The van der Waals surface area contributed by atoms with Gasteiger partial charge in [-0.2, -0.15) is 0 Å². The van der Waals surface area contributed by atoms with Crippen LogP contribution in [0.15, 0.2) is 24.4 Å². The highest BCUT2D eigenvalue weighted by atomic mass is 16.5. The summed E-state index contributed by atoms with van der Waals surface area (Å²) in [5.74, 6) is 0.128. The molecule has 27 heavy (non-hydrogen) atoms. The quantitative estimate of drug-likeness (QED) is 0.442. The fraction of sp³-hybridized carbons (Fsp3) is 0.524. The minimum absolute atomic E-state index is 0.0625. The molecule has 0 fully saturated rings. The number of hydroxylamine groups is 1. The smallest absolute Gasteiger partial charge is 0.267 e. The summed E-state index contributed by atoms with van der Waals surface area (Å²) in [5, 5.41) is 8.60. The summed E-state index contributed by atoms with van der Waals surface area (Å²) in [6.07, 6.45) is 6.12. The Morgan fingerprint density at radius 2 is 2.11 bits per heavy atom. The Hall–Kier alpha value is -2.18. The van der Waals surface area contributed by atoms with E-state index in [4.69, 9.17) is 10.2 Å². The van der Waals surface area contributed by atoms with Gasteiger partial charge in [0.25, 0.3) is 5.91 Å². The fourth-order valence-electron chi connectivity index (χ4n) is 2.99. The van der Waals surface area contributed by atoms with Crippen molar-refractivity contribution in [3.8, 4) is 0 Å². The number of fused-ring (bicyclic) bond motifs is 1. The number of hydrogen-bond acceptors (Lipinski definition) is 4. The van der Waals surface area contributed by atoms with E-state index in [0.717, 1.165) is 30.0 Å². The first-order valence-corrected chi connectivity index (χ1v) is 9.44. The van der Waals surface area contributed by atoms with Gasteiger partial charge in [-0.05, 0) is 49.7 Å². The Kier molecular flexibility index (Phi) is 6.78. The van der Waals surface area contributed by atoms with E-state index in [1.165, 1.54) is 18.2 Å². The number of carbonyl (C=O) groups excluding carboxylic acids is 1. The monoisotopic (exact) mass is 372 g/mol. The van der Waals surface area contributed by atoms with E-state index >= 15 is 0 Å². The van der Waals surface area contributed by atoms with Gasteiger partial charge in [0.2, 0.25) is 0 Å². The predicted octanol–water partition coefficient (Wildman–Crippen LogP) is 3.63. The molecule has 0 aliphatic rings. The first-order valence-electron chi connectivity index (χ1n) is 9.44. The van der Waals surface area contributed by atoms with Crippen molar-refractivity contribution in [2.24, 2.45) is 5.92 Å². The van der Waals surface area contributed by atoms with Crippen LogP contribution in [0.1, 0.15) is 58.0 Å². The average molecular weight is 373 g/mol. The van der Waals surface area contributed by atoms with E-state index in [9.17, 15) is 4.79 Å². The second kappa shape index (κ2) is 8.67. The van der Waals surface area contributed by atoms with Gasteiger partial charge in [0, 0.05) is 24.2 Å². The summed E-state index contributed by atoms with van der Waals surface area (Å²) in [6, 6.07) is 3.90. The molecule has 0 atom stereocenters. The van der Waals surface area contributed by atoms with Crippen LogP contribution in [-0.2, 0) is 16.8 Å². The lowest BCUT2D eigenvalue weighted by Gasteiger charge is -2.22. The van der Waals surface area contributed by atoms with Gasteiger partial charge in [0.05, 0.1) is 11.4 Å². The third-order valence-corrected chi connectivity index (χ3v) is 4.50. The molecular formula is C21H32N4O2. The molecule has 0 spiro atoms. The summed E-state index contributed by atoms with van der Waals surface area (Å²) in [6.45, 7) is 12.9. The Bertz CT molecular complexity index is 815. The van der Waals surface area contributed by atoms with Crippen molar-refractivity contribution < 1.29 is 10.0 Å². The lowest BCUT2D eigenvalue weighted by molar-refractivity contribution is -0.124. The zero-order valence-electron chi connectivity index (χ0n) is 17.3. The van der Waals surface area contributed by atoms with E-state index in [1.54, 1.807) is 11.6 Å². The summed E-state index contributed by atoms with van der Waals surface area (Å²) < 4.78 is 2.13. The molecule has 0 saturated heterocycles. The van der Waals surface area contributed by atoms with E-state index in [1.807, 2.05) is 18.3 Å². The molecule has 0 bridgehead atoms. The third-order valence-electron chi connectivity index (χ3n) is 4.50. The number of nitrogens with one attached hydrogen (secondary N) is 1. The molecule has 2 N–H and O–H groups in total. The molecule has 0 saturated carbocycles. The Balaban J connectivity index is 2.38. The molecular weight excluding hydrogens is 340 g/mol. The van der Waals surface area contributed by atoms with Crippen LogP contribution in [0.5, 0.6) is 0 Å². The van der Waals surface area contributed by atoms with E-state index in [-0.39, 0.29) is 5.41 Å². The summed E-state index contributed by atoms with van der Waals surface area (Å²) in [5.41, 5.74) is 5.54. The van der Waals surface area contributed by atoms with Crippen molar-refractivity contribution in [2.45, 2.75) is 53.0 Å². The standard InChI is InChI=1S/C21H32N4O2/c1-15(2)9-11-24(6)14-17-20(21(3,4)5)22-18-13-16(10-12-25(17)18)7-8-19(26)23-27/h7-8,10,12-13,15,27H,9,11,14H2,1-6H3,(H,23,26). The Labute approximate surface area is 161 Å². The maximum atomic E-state index is 11.2. The normalized spacial score (nSPS) is 12.6. The molecule has 0 unspecified atom stereocenters. The number of aromatic nitrogens is 2. The number of amides is 1. The summed E-state index contributed by atoms with van der Waals surface area (Å²) >= 11 is 0. The molecule has 148 valence electrons. The highest BCUT2D eigenvalue weighted by Crippen LogP contribution is 2.27. The molecule has 0 aliphatic heterocycles. The maximum absolute atomic E-state index is 11.2. The van der Waals surface area contributed by atoms with Gasteiger partial charge in [-0.15, -0.1) is 0 Å². The van der Waals surface area contributed by atoms with Crippen LogP contribution < -0.4 is 5.48 Å². The largest absolute Gasteiger partial charge is 0.302 e. The SMILES string of the molecule is CC(C)CCN(C)Cc1c(C(C)(C)C)nc2cc(C=CC(=O)NO)ccn12. The first-order chi connectivity index (χ1) is 12.6. The fourth-order valence-corrected chi connectivity index (χ4v) is 2.99. The number of nitrogens with zero attached hydrogens (tertiary/aromatic N) is 3. The van der Waals surface area contributed by atoms with E-state index in [0.29, 0.717) is 5.92 Å². The number of rotatable bonds is 7. The molecule has 2 aromatic rings. The van der Waals surface area contributed by atoms with Crippen LogP contribution in [0, 0.1) is 5.92 Å². The lowest BCUT2D eigenvalue weighted by atomic mass is 9.90. The van der Waals surface area contributed by atoms with Crippen LogP contribution >= 0.6 is 0 Å². The predicted molar refractivity (Wildman–Crippen MR) is 109 cm³/mol. The number of imidazole rings is 1. The maximum Gasteiger partial charge on any atom is 0.267 e. The molecule has 0 aromatic carbocycles. The third kappa shape index (κ3) is 5.65. The Morgan fingerprint density at radius 3 is 2.70 bits per heavy atom. The van der Waals surface area contributed by atoms with Crippen molar-refractivity contribution in [3.05, 3.63) is 41.4 Å². The van der Waals surface area contributed by atoms with Gasteiger partial charge >= 0.3 is 0 Å². The summed E-state index contributed by atoms with van der Waals surface area (Å²) in [7, 11) is 2.15. The van der Waals surface area contributed by atoms with E-state index < -0.39 is 5.91 Å². The van der Waals surface area contributed by atoms with Crippen LogP contribution in [0.2, 0.25) is 0 Å². The van der Waals surface area contributed by atoms with Crippen LogP contribution in [-0.4, -0.2) is 39.0 Å². The van der Waals surface area contributed by atoms with Crippen LogP contribution in [0.3, 0.4) is 0 Å². The molecule has 2 aromatic heterocycles. The van der Waals surface area contributed by atoms with Gasteiger partial charge in [-0.25, -0.2) is 10.5 Å². The molecule has 0 aliphatic carbocycles. The number of pyridine rings is 1. The minimum Gasteiger partial charge on any atom is -0.302 e. The first kappa shape index (κ1) is 21.1. The zero-order valence-corrected chi connectivity index (χ0v) is 17.3. The van der Waals surface area contributed by atoms with Gasteiger partial charge in [-0.1, -0.05) is 34.6 Å². The van der Waals surface area contributed by atoms with Crippen LogP contribution in [0.25, 0.3) is 11.7 Å². The molecule has 0 radical (unpaired) electrons. The van der Waals surface area contributed by atoms with Crippen molar-refractivity contribution in [1.29, 1.82) is 0 Å². The van der Waals surface area contributed by atoms with Crippen molar-refractivity contribution in [3.63, 3.8) is 0 Å². The summed E-state index contributed by atoms with van der Waals surface area (Å²) in [4.78, 5) is 18.4. The van der Waals surface area contributed by atoms with Gasteiger partial charge in [0.15, 0.2) is 0 Å². The van der Waals surface area contributed by atoms with Crippen molar-refractivity contribution >= 4 is 17.6 Å². The Morgan fingerprint density at radius 1 is 1.41 bits per heavy atom. The van der Waals surface area contributed by atoms with Gasteiger partial charge < -0.3 is 9.30 Å². The molecule has 2 rings (SSSR count). The topological polar surface area (TPSA) is 69.9 Å². The van der Waals surface area contributed by atoms with Crippen LogP contribution in [0.4, 0.5) is 0 Å². The lowest BCUT2D eigenvalue weighted by Crippen LogP contribution is -2.24. The highest BCUT2D eigenvalue weighted by molar-refractivity contribution is 5.90. The van der Waals surface area contributed by atoms with Crippen molar-refractivity contribution in [2.75, 3.05) is 13.6 Å². The zero-order chi connectivity index (χ0) is 20.2. The number of hydrogen-bond donors (Lipinski definition) is 2. The highest BCUT2D eigenvalue weighted by Gasteiger charge is 2.24. The van der Waals surface area contributed by atoms with Gasteiger partial charge in [-0.3, -0.25) is 10.0 Å². The molecule has 1 amide bonds. The second-order valence-electron chi connectivity index (χ2n) is 8.58. The number of carbonyl (C=O) groups is 1. The second-order valence-corrected chi connectivity index (χ2v) is 8.58. The van der Waals surface area contributed by atoms with Crippen molar-refractivity contribution in [1.82, 2.24) is 19.8 Å².